The standard InChI is InChI=1S/C17H27N3/c1-12(2)10-14-6-8-15(9-7-14)17(5)11-19-16(18)20(17)13(3)4/h6-9,12-13H,10-11H2,1-5H3,(H2,18,19). The molecule has 1 unspecified atom stereocenters. The molecule has 0 saturated heterocycles. The molecule has 0 fully saturated rings. The molecule has 1 atom stereocenters. The van der Waals surface area contributed by atoms with E-state index in [0.717, 1.165) is 13.0 Å². The Balaban J connectivity index is 2.26. The molecular weight excluding hydrogens is 246 g/mol. The predicted octanol–water partition coefficient (Wildman–Crippen LogP) is 3.14. The van der Waals surface area contributed by atoms with E-state index in [1.165, 1.54) is 11.1 Å². The van der Waals surface area contributed by atoms with Gasteiger partial charge in [-0.25, -0.2) is 0 Å². The minimum absolute atomic E-state index is 0.116. The van der Waals surface area contributed by atoms with Gasteiger partial charge in [-0.15, -0.1) is 0 Å². The van der Waals surface area contributed by atoms with Crippen molar-refractivity contribution in [3.63, 3.8) is 0 Å². The van der Waals surface area contributed by atoms with Crippen LogP contribution in [0.25, 0.3) is 0 Å². The molecule has 0 aromatic heterocycles. The van der Waals surface area contributed by atoms with Gasteiger partial charge in [0.1, 0.15) is 0 Å². The van der Waals surface area contributed by atoms with E-state index in [-0.39, 0.29) is 5.54 Å². The van der Waals surface area contributed by atoms with Crippen LogP contribution >= 0.6 is 0 Å². The van der Waals surface area contributed by atoms with E-state index in [0.29, 0.717) is 17.9 Å². The third-order valence-electron chi connectivity index (χ3n) is 4.06. The minimum Gasteiger partial charge on any atom is -0.370 e. The highest BCUT2D eigenvalue weighted by Crippen LogP contribution is 2.34. The van der Waals surface area contributed by atoms with Crippen LogP contribution in [0.15, 0.2) is 29.3 Å². The number of aliphatic imine (C=N–C) groups is 1. The fourth-order valence-electron chi connectivity index (χ4n) is 3.18. The molecule has 3 nitrogen and oxygen atoms in total. The molecule has 0 radical (unpaired) electrons. The van der Waals surface area contributed by atoms with E-state index in [4.69, 9.17) is 5.73 Å². The minimum atomic E-state index is -0.116. The number of hydrogen-bond acceptors (Lipinski definition) is 3. The summed E-state index contributed by atoms with van der Waals surface area (Å²) in [5, 5.41) is 0. The number of benzene rings is 1. The van der Waals surface area contributed by atoms with Gasteiger partial charge < -0.3 is 10.6 Å². The average molecular weight is 273 g/mol. The fourth-order valence-corrected chi connectivity index (χ4v) is 3.18. The summed E-state index contributed by atoms with van der Waals surface area (Å²) < 4.78 is 0. The summed E-state index contributed by atoms with van der Waals surface area (Å²) in [6.45, 7) is 11.8. The predicted molar refractivity (Wildman–Crippen MR) is 85.8 cm³/mol. The van der Waals surface area contributed by atoms with Crippen LogP contribution in [0.2, 0.25) is 0 Å². The van der Waals surface area contributed by atoms with Crippen molar-refractivity contribution in [2.75, 3.05) is 6.54 Å². The fraction of sp³-hybridized carbons (Fsp3) is 0.588. The first-order valence-electron chi connectivity index (χ1n) is 7.53. The van der Waals surface area contributed by atoms with Gasteiger partial charge in [-0.1, -0.05) is 38.1 Å². The molecule has 1 aromatic carbocycles. The number of nitrogens with two attached hydrogens (primary N) is 1. The van der Waals surface area contributed by atoms with E-state index in [1.807, 2.05) is 0 Å². The molecule has 20 heavy (non-hydrogen) atoms. The number of guanidine groups is 1. The van der Waals surface area contributed by atoms with Gasteiger partial charge in [-0.05, 0) is 44.2 Å². The maximum atomic E-state index is 6.06. The SMILES string of the molecule is CC(C)Cc1ccc(C2(C)CN=C(N)N2C(C)C)cc1. The molecule has 110 valence electrons. The second kappa shape index (κ2) is 5.47. The largest absolute Gasteiger partial charge is 0.370 e. The van der Waals surface area contributed by atoms with E-state index >= 15 is 0 Å². The molecule has 3 heteroatoms. The second-order valence-electron chi connectivity index (χ2n) is 6.71. The van der Waals surface area contributed by atoms with Crippen LogP contribution in [0.3, 0.4) is 0 Å². The average Bonchev–Trinajstić information content (AvgIpc) is 2.66. The van der Waals surface area contributed by atoms with Crippen LogP contribution < -0.4 is 5.73 Å². The Labute approximate surface area is 122 Å². The normalized spacial score (nSPS) is 22.8. The lowest BCUT2D eigenvalue weighted by Crippen LogP contribution is -2.51. The third kappa shape index (κ3) is 2.67. The number of rotatable bonds is 4. The monoisotopic (exact) mass is 273 g/mol. The van der Waals surface area contributed by atoms with Crippen molar-refractivity contribution in [2.24, 2.45) is 16.6 Å². The van der Waals surface area contributed by atoms with Crippen molar-refractivity contribution in [1.82, 2.24) is 4.90 Å². The highest BCUT2D eigenvalue weighted by Gasteiger charge is 2.40. The first-order valence-corrected chi connectivity index (χ1v) is 7.53. The van der Waals surface area contributed by atoms with Crippen LogP contribution in [-0.2, 0) is 12.0 Å². The van der Waals surface area contributed by atoms with Crippen LogP contribution in [0.5, 0.6) is 0 Å². The van der Waals surface area contributed by atoms with Crippen molar-refractivity contribution in [3.05, 3.63) is 35.4 Å². The van der Waals surface area contributed by atoms with Crippen molar-refractivity contribution in [1.29, 1.82) is 0 Å². The lowest BCUT2D eigenvalue weighted by Gasteiger charge is -2.39. The Kier molecular flexibility index (Phi) is 4.07. The van der Waals surface area contributed by atoms with E-state index in [2.05, 4.69) is 68.8 Å². The van der Waals surface area contributed by atoms with E-state index in [1.54, 1.807) is 0 Å². The van der Waals surface area contributed by atoms with Gasteiger partial charge in [0, 0.05) is 6.04 Å². The van der Waals surface area contributed by atoms with Crippen LogP contribution in [0.1, 0.15) is 45.7 Å². The van der Waals surface area contributed by atoms with Gasteiger partial charge in [0.2, 0.25) is 0 Å². The molecule has 2 N–H and O–H groups in total. The zero-order valence-electron chi connectivity index (χ0n) is 13.4. The summed E-state index contributed by atoms with van der Waals surface area (Å²) >= 11 is 0. The second-order valence-corrected chi connectivity index (χ2v) is 6.71. The third-order valence-corrected chi connectivity index (χ3v) is 4.06. The topological polar surface area (TPSA) is 41.6 Å². The summed E-state index contributed by atoms with van der Waals surface area (Å²) in [5.41, 5.74) is 8.64. The number of nitrogens with zero attached hydrogens (tertiary/aromatic N) is 2. The molecule has 1 heterocycles. The Morgan fingerprint density at radius 1 is 1.20 bits per heavy atom. The van der Waals surface area contributed by atoms with Gasteiger partial charge in [0.15, 0.2) is 5.96 Å². The van der Waals surface area contributed by atoms with Crippen LogP contribution in [0.4, 0.5) is 0 Å². The van der Waals surface area contributed by atoms with Crippen molar-refractivity contribution in [2.45, 2.75) is 52.6 Å². The lowest BCUT2D eigenvalue weighted by atomic mass is 9.88. The van der Waals surface area contributed by atoms with E-state index in [9.17, 15) is 0 Å². The van der Waals surface area contributed by atoms with Gasteiger partial charge in [-0.3, -0.25) is 4.99 Å². The van der Waals surface area contributed by atoms with Crippen LogP contribution in [0, 0.1) is 5.92 Å². The summed E-state index contributed by atoms with van der Waals surface area (Å²) in [6, 6.07) is 9.31. The molecule has 1 aliphatic heterocycles. The Morgan fingerprint density at radius 3 is 2.30 bits per heavy atom. The quantitative estimate of drug-likeness (QED) is 0.915. The highest BCUT2D eigenvalue weighted by atomic mass is 15.4. The molecule has 0 bridgehead atoms. The summed E-state index contributed by atoms with van der Waals surface area (Å²) in [7, 11) is 0. The highest BCUT2D eigenvalue weighted by molar-refractivity contribution is 5.81. The molecule has 0 aliphatic carbocycles. The zero-order chi connectivity index (χ0) is 14.9. The smallest absolute Gasteiger partial charge is 0.192 e. The van der Waals surface area contributed by atoms with Gasteiger partial charge >= 0.3 is 0 Å². The number of hydrogen-bond donors (Lipinski definition) is 1. The van der Waals surface area contributed by atoms with Crippen LogP contribution in [-0.4, -0.2) is 23.4 Å². The molecule has 0 amide bonds. The maximum Gasteiger partial charge on any atom is 0.192 e. The maximum absolute atomic E-state index is 6.06. The molecule has 1 aromatic rings. The first-order chi connectivity index (χ1) is 9.34. The summed E-state index contributed by atoms with van der Waals surface area (Å²) in [5.74, 6) is 1.35. The van der Waals surface area contributed by atoms with Gasteiger partial charge in [0.25, 0.3) is 0 Å². The molecule has 0 spiro atoms. The molecule has 0 saturated carbocycles. The summed E-state index contributed by atoms with van der Waals surface area (Å²) in [6.07, 6.45) is 1.13. The first kappa shape index (κ1) is 14.9. The lowest BCUT2D eigenvalue weighted by molar-refractivity contribution is 0.185. The van der Waals surface area contributed by atoms with E-state index < -0.39 is 0 Å². The van der Waals surface area contributed by atoms with Gasteiger partial charge in [-0.2, -0.15) is 0 Å². The Bertz CT molecular complexity index is 487. The zero-order valence-corrected chi connectivity index (χ0v) is 13.4. The Morgan fingerprint density at radius 2 is 1.80 bits per heavy atom. The van der Waals surface area contributed by atoms with Crippen molar-refractivity contribution >= 4 is 5.96 Å². The summed E-state index contributed by atoms with van der Waals surface area (Å²) in [4.78, 5) is 6.69. The molecule has 1 aliphatic rings. The molecular formula is C17H27N3. The van der Waals surface area contributed by atoms with Gasteiger partial charge in [0.05, 0.1) is 12.1 Å². The van der Waals surface area contributed by atoms with Crippen molar-refractivity contribution in [3.8, 4) is 0 Å². The molecule has 2 rings (SSSR count). The van der Waals surface area contributed by atoms with Crippen molar-refractivity contribution < 1.29 is 0 Å². The Hall–Kier alpha value is -1.51.